The fourth-order valence-corrected chi connectivity index (χ4v) is 2.30. The van der Waals surface area contributed by atoms with Crippen LogP contribution in [-0.4, -0.2) is 54.6 Å². The van der Waals surface area contributed by atoms with E-state index in [4.69, 9.17) is 4.74 Å². The van der Waals surface area contributed by atoms with Crippen LogP contribution in [0.2, 0.25) is 0 Å². The number of imide groups is 1. The van der Waals surface area contributed by atoms with Crippen molar-refractivity contribution in [1.82, 2.24) is 9.80 Å². The molecule has 5 heteroatoms. The van der Waals surface area contributed by atoms with Gasteiger partial charge in [-0.2, -0.15) is 0 Å². The lowest BCUT2D eigenvalue weighted by atomic mass is 10.1. The Morgan fingerprint density at radius 3 is 2.85 bits per heavy atom. The average molecular weight is 278 g/mol. The average Bonchev–Trinajstić information content (AvgIpc) is 2.43. The molecule has 20 heavy (non-hydrogen) atoms. The summed E-state index contributed by atoms with van der Waals surface area (Å²) in [6, 6.07) is -0.190. The van der Waals surface area contributed by atoms with Gasteiger partial charge in [-0.3, -0.25) is 9.69 Å². The van der Waals surface area contributed by atoms with Crippen LogP contribution < -0.4 is 0 Å². The van der Waals surface area contributed by atoms with Crippen LogP contribution >= 0.6 is 0 Å². The van der Waals surface area contributed by atoms with Gasteiger partial charge in [0.2, 0.25) is 5.91 Å². The molecule has 0 unspecified atom stereocenters. The summed E-state index contributed by atoms with van der Waals surface area (Å²) < 4.78 is 5.39. The minimum absolute atomic E-state index is 0.0855. The Kier molecular flexibility index (Phi) is 4.95. The van der Waals surface area contributed by atoms with Gasteiger partial charge in [-0.05, 0) is 25.8 Å². The van der Waals surface area contributed by atoms with E-state index in [1.54, 1.807) is 4.90 Å². The Labute approximate surface area is 119 Å². The first kappa shape index (κ1) is 14.8. The summed E-state index contributed by atoms with van der Waals surface area (Å²) in [4.78, 5) is 27.3. The minimum atomic E-state index is -0.190. The molecule has 1 fully saturated rings. The predicted octanol–water partition coefficient (Wildman–Crippen LogP) is 1.95. The third kappa shape index (κ3) is 3.70. The molecule has 3 amide bonds. The van der Waals surface area contributed by atoms with Gasteiger partial charge < -0.3 is 9.64 Å². The van der Waals surface area contributed by atoms with Gasteiger partial charge in [0.1, 0.15) is 0 Å². The predicted molar refractivity (Wildman–Crippen MR) is 76.2 cm³/mol. The number of ether oxygens (including phenoxy) is 1. The van der Waals surface area contributed by atoms with Crippen molar-refractivity contribution in [3.8, 4) is 0 Å². The molecule has 0 aliphatic carbocycles. The second-order valence-corrected chi connectivity index (χ2v) is 5.44. The topological polar surface area (TPSA) is 49.9 Å². The standard InChI is InChI=1S/C15H22N2O3/c1-12(2)5-8-17-14(18)6-7-16(15(17)19)10-13-4-3-9-20-11-13/h4-5H,3,6-11H2,1-2H3. The molecule has 5 nitrogen and oxygen atoms in total. The molecule has 0 N–H and O–H groups in total. The zero-order valence-electron chi connectivity index (χ0n) is 12.2. The first-order valence-electron chi connectivity index (χ1n) is 7.06. The smallest absolute Gasteiger partial charge is 0.327 e. The Morgan fingerprint density at radius 1 is 1.40 bits per heavy atom. The molecule has 2 aliphatic rings. The van der Waals surface area contributed by atoms with Crippen molar-refractivity contribution < 1.29 is 14.3 Å². The number of allylic oxidation sites excluding steroid dienone is 1. The largest absolute Gasteiger partial charge is 0.377 e. The van der Waals surface area contributed by atoms with E-state index in [0.717, 1.165) is 24.2 Å². The zero-order chi connectivity index (χ0) is 14.5. The van der Waals surface area contributed by atoms with Crippen molar-refractivity contribution >= 4 is 11.9 Å². The molecular weight excluding hydrogens is 256 g/mol. The maximum absolute atomic E-state index is 12.4. The molecule has 0 aromatic carbocycles. The van der Waals surface area contributed by atoms with E-state index in [-0.39, 0.29) is 11.9 Å². The Bertz CT molecular complexity index is 450. The summed E-state index contributed by atoms with van der Waals surface area (Å²) in [5.74, 6) is -0.0855. The van der Waals surface area contributed by atoms with Gasteiger partial charge in [-0.1, -0.05) is 17.7 Å². The Balaban J connectivity index is 2.00. The quantitative estimate of drug-likeness (QED) is 0.739. The van der Waals surface area contributed by atoms with Crippen LogP contribution in [-0.2, 0) is 9.53 Å². The number of carbonyl (C=O) groups excluding carboxylic acids is 2. The molecule has 0 radical (unpaired) electrons. The molecule has 0 atom stereocenters. The number of amides is 3. The van der Waals surface area contributed by atoms with Gasteiger partial charge in [0.25, 0.3) is 0 Å². The molecule has 0 aromatic heterocycles. The maximum atomic E-state index is 12.4. The molecule has 2 aliphatic heterocycles. The Hall–Kier alpha value is -1.62. The highest BCUT2D eigenvalue weighted by Crippen LogP contribution is 2.15. The molecule has 2 rings (SSSR count). The number of urea groups is 1. The van der Waals surface area contributed by atoms with Crippen LogP contribution in [0, 0.1) is 0 Å². The third-order valence-electron chi connectivity index (χ3n) is 3.46. The van der Waals surface area contributed by atoms with Crippen LogP contribution in [0.1, 0.15) is 26.7 Å². The van der Waals surface area contributed by atoms with E-state index < -0.39 is 0 Å². The van der Waals surface area contributed by atoms with Crippen LogP contribution in [0.15, 0.2) is 23.3 Å². The van der Waals surface area contributed by atoms with E-state index >= 15 is 0 Å². The highest BCUT2D eigenvalue weighted by atomic mass is 16.5. The molecular formula is C15H22N2O3. The fraction of sp³-hybridized carbons (Fsp3) is 0.600. The summed E-state index contributed by atoms with van der Waals surface area (Å²) in [5, 5.41) is 0. The van der Waals surface area contributed by atoms with E-state index in [9.17, 15) is 9.59 Å². The summed E-state index contributed by atoms with van der Waals surface area (Å²) >= 11 is 0. The summed E-state index contributed by atoms with van der Waals surface area (Å²) in [5.41, 5.74) is 2.23. The lowest BCUT2D eigenvalue weighted by molar-refractivity contribution is -0.130. The second kappa shape index (κ2) is 6.70. The van der Waals surface area contributed by atoms with Gasteiger partial charge in [0, 0.05) is 26.1 Å². The van der Waals surface area contributed by atoms with Gasteiger partial charge in [0.15, 0.2) is 0 Å². The van der Waals surface area contributed by atoms with Crippen molar-refractivity contribution in [2.24, 2.45) is 0 Å². The number of carbonyl (C=O) groups is 2. The van der Waals surface area contributed by atoms with Crippen molar-refractivity contribution in [1.29, 1.82) is 0 Å². The summed E-state index contributed by atoms with van der Waals surface area (Å²) in [6.45, 7) is 6.69. The highest BCUT2D eigenvalue weighted by molar-refractivity contribution is 5.97. The highest BCUT2D eigenvalue weighted by Gasteiger charge is 2.31. The SMILES string of the molecule is CC(C)=CCN1C(=O)CCN(CC2=CCCOC2)C1=O. The molecule has 0 aromatic rings. The van der Waals surface area contributed by atoms with Crippen molar-refractivity contribution in [3.05, 3.63) is 23.3 Å². The van der Waals surface area contributed by atoms with E-state index in [0.29, 0.717) is 32.7 Å². The van der Waals surface area contributed by atoms with Crippen LogP contribution in [0.3, 0.4) is 0 Å². The van der Waals surface area contributed by atoms with E-state index in [2.05, 4.69) is 6.08 Å². The lowest BCUT2D eigenvalue weighted by Gasteiger charge is -2.34. The summed E-state index contributed by atoms with van der Waals surface area (Å²) in [6.07, 6.45) is 5.34. The van der Waals surface area contributed by atoms with Gasteiger partial charge >= 0.3 is 6.03 Å². The molecule has 0 bridgehead atoms. The number of hydrogen-bond donors (Lipinski definition) is 0. The van der Waals surface area contributed by atoms with Crippen LogP contribution in [0.4, 0.5) is 4.79 Å². The first-order chi connectivity index (χ1) is 9.58. The van der Waals surface area contributed by atoms with Gasteiger partial charge in [0.05, 0.1) is 13.2 Å². The normalized spacial score (nSPS) is 20.0. The molecule has 0 spiro atoms. The molecule has 110 valence electrons. The second-order valence-electron chi connectivity index (χ2n) is 5.44. The molecule has 1 saturated heterocycles. The molecule has 0 saturated carbocycles. The van der Waals surface area contributed by atoms with Gasteiger partial charge in [-0.25, -0.2) is 4.79 Å². The maximum Gasteiger partial charge on any atom is 0.327 e. The Morgan fingerprint density at radius 2 is 2.20 bits per heavy atom. The monoisotopic (exact) mass is 278 g/mol. The number of rotatable bonds is 4. The number of nitrogens with zero attached hydrogens (tertiary/aromatic N) is 2. The fourth-order valence-electron chi connectivity index (χ4n) is 2.30. The zero-order valence-corrected chi connectivity index (χ0v) is 12.2. The third-order valence-corrected chi connectivity index (χ3v) is 3.46. The minimum Gasteiger partial charge on any atom is -0.377 e. The number of hydrogen-bond acceptors (Lipinski definition) is 3. The molecule has 2 heterocycles. The van der Waals surface area contributed by atoms with Crippen molar-refractivity contribution in [2.75, 3.05) is 32.8 Å². The first-order valence-corrected chi connectivity index (χ1v) is 7.06. The van der Waals surface area contributed by atoms with E-state index in [1.807, 2.05) is 19.9 Å². The lowest BCUT2D eigenvalue weighted by Crippen LogP contribution is -2.52. The van der Waals surface area contributed by atoms with Gasteiger partial charge in [-0.15, -0.1) is 0 Å². The van der Waals surface area contributed by atoms with Crippen molar-refractivity contribution in [3.63, 3.8) is 0 Å². The van der Waals surface area contributed by atoms with Crippen LogP contribution in [0.25, 0.3) is 0 Å². The summed E-state index contributed by atoms with van der Waals surface area (Å²) in [7, 11) is 0. The van der Waals surface area contributed by atoms with Crippen LogP contribution in [0.5, 0.6) is 0 Å². The van der Waals surface area contributed by atoms with Crippen molar-refractivity contribution in [2.45, 2.75) is 26.7 Å². The van der Waals surface area contributed by atoms with E-state index in [1.165, 1.54) is 4.90 Å².